The smallest absolute Gasteiger partial charge is 0.160 e. The Balaban J connectivity index is 2.34. The van der Waals surface area contributed by atoms with E-state index in [1.807, 2.05) is 44.2 Å². The highest BCUT2D eigenvalue weighted by Crippen LogP contribution is 2.33. The van der Waals surface area contributed by atoms with E-state index in [1.165, 1.54) is 12.1 Å². The molecular formula is C22H19FN2O. The molecule has 3 rings (SSSR count). The number of hydrogen-bond acceptors (Lipinski definition) is 3. The highest BCUT2D eigenvalue weighted by Gasteiger charge is 2.20. The van der Waals surface area contributed by atoms with E-state index in [9.17, 15) is 9.18 Å². The molecule has 0 fully saturated rings. The van der Waals surface area contributed by atoms with Crippen molar-refractivity contribution in [3.05, 3.63) is 78.3 Å². The van der Waals surface area contributed by atoms with E-state index in [0.717, 1.165) is 11.3 Å². The lowest BCUT2D eigenvalue weighted by atomic mass is 9.94. The van der Waals surface area contributed by atoms with E-state index in [0.29, 0.717) is 34.5 Å². The maximum atomic E-state index is 13.4. The summed E-state index contributed by atoms with van der Waals surface area (Å²) in [4.78, 5) is 20.9. The summed E-state index contributed by atoms with van der Waals surface area (Å²) >= 11 is 0. The molecule has 1 aromatic heterocycles. The Kier molecular flexibility index (Phi) is 5.03. The third-order valence-corrected chi connectivity index (χ3v) is 4.10. The SMILES string of the molecule is C=C(C=O)c1c(-c2ccc(F)cc2)nc(-c2ccccc2)nc1C(C)C. The minimum absolute atomic E-state index is 0.0614. The van der Waals surface area contributed by atoms with Crippen molar-refractivity contribution in [3.63, 3.8) is 0 Å². The van der Waals surface area contributed by atoms with E-state index in [4.69, 9.17) is 9.97 Å². The van der Waals surface area contributed by atoms with Gasteiger partial charge in [-0.25, -0.2) is 14.4 Å². The highest BCUT2D eigenvalue weighted by molar-refractivity contribution is 6.09. The van der Waals surface area contributed by atoms with Gasteiger partial charge in [-0.05, 0) is 30.2 Å². The molecule has 130 valence electrons. The van der Waals surface area contributed by atoms with Crippen LogP contribution in [0.3, 0.4) is 0 Å². The number of aromatic nitrogens is 2. The summed E-state index contributed by atoms with van der Waals surface area (Å²) in [5.41, 5.74) is 3.84. The van der Waals surface area contributed by atoms with E-state index < -0.39 is 0 Å². The summed E-state index contributed by atoms with van der Waals surface area (Å²) in [7, 11) is 0. The summed E-state index contributed by atoms with van der Waals surface area (Å²) < 4.78 is 13.4. The predicted molar refractivity (Wildman–Crippen MR) is 102 cm³/mol. The number of hydrogen-bond donors (Lipinski definition) is 0. The molecule has 0 spiro atoms. The summed E-state index contributed by atoms with van der Waals surface area (Å²) in [6.45, 7) is 7.88. The Morgan fingerprint density at radius 1 is 1.00 bits per heavy atom. The second kappa shape index (κ2) is 7.40. The molecule has 0 aliphatic carbocycles. The number of carbonyl (C=O) groups is 1. The van der Waals surface area contributed by atoms with Crippen molar-refractivity contribution in [3.8, 4) is 22.6 Å². The van der Waals surface area contributed by atoms with Gasteiger partial charge < -0.3 is 0 Å². The molecule has 0 saturated carbocycles. The molecule has 0 amide bonds. The Morgan fingerprint density at radius 2 is 1.65 bits per heavy atom. The fourth-order valence-electron chi connectivity index (χ4n) is 2.80. The highest BCUT2D eigenvalue weighted by atomic mass is 19.1. The summed E-state index contributed by atoms with van der Waals surface area (Å²) in [6, 6.07) is 15.7. The molecule has 26 heavy (non-hydrogen) atoms. The van der Waals surface area contributed by atoms with Crippen molar-refractivity contribution in [2.45, 2.75) is 19.8 Å². The molecule has 4 heteroatoms. The number of halogens is 1. The first-order valence-corrected chi connectivity index (χ1v) is 8.39. The van der Waals surface area contributed by atoms with E-state index in [1.54, 1.807) is 12.1 Å². The first-order valence-electron chi connectivity index (χ1n) is 8.39. The number of allylic oxidation sites excluding steroid dienone is 1. The first-order chi connectivity index (χ1) is 12.5. The third kappa shape index (κ3) is 3.45. The van der Waals surface area contributed by atoms with Crippen molar-refractivity contribution in [2.75, 3.05) is 0 Å². The second-order valence-electron chi connectivity index (χ2n) is 6.33. The zero-order valence-corrected chi connectivity index (χ0v) is 14.7. The van der Waals surface area contributed by atoms with Gasteiger partial charge >= 0.3 is 0 Å². The van der Waals surface area contributed by atoms with Crippen LogP contribution in [0.15, 0.2) is 61.2 Å². The average Bonchev–Trinajstić information content (AvgIpc) is 2.67. The number of rotatable bonds is 5. The Hall–Kier alpha value is -3.14. The van der Waals surface area contributed by atoms with Gasteiger partial charge in [-0.3, -0.25) is 4.79 Å². The Bertz CT molecular complexity index is 948. The molecule has 0 unspecified atom stereocenters. The summed E-state index contributed by atoms with van der Waals surface area (Å²) in [5, 5.41) is 0. The number of benzene rings is 2. The zero-order chi connectivity index (χ0) is 18.7. The minimum atomic E-state index is -0.328. The van der Waals surface area contributed by atoms with E-state index in [2.05, 4.69) is 6.58 Å². The van der Waals surface area contributed by atoms with Gasteiger partial charge in [0.1, 0.15) is 12.1 Å². The van der Waals surface area contributed by atoms with Crippen molar-refractivity contribution in [1.82, 2.24) is 9.97 Å². The van der Waals surface area contributed by atoms with Crippen LogP contribution in [0.1, 0.15) is 31.0 Å². The van der Waals surface area contributed by atoms with Crippen LogP contribution in [0.5, 0.6) is 0 Å². The largest absolute Gasteiger partial charge is 0.298 e. The predicted octanol–water partition coefficient (Wildman–Crippen LogP) is 5.29. The van der Waals surface area contributed by atoms with Gasteiger partial charge in [0.05, 0.1) is 11.4 Å². The Labute approximate surface area is 152 Å². The van der Waals surface area contributed by atoms with Crippen LogP contribution in [0, 0.1) is 5.82 Å². The van der Waals surface area contributed by atoms with Gasteiger partial charge in [0.2, 0.25) is 0 Å². The van der Waals surface area contributed by atoms with Crippen LogP contribution in [0.25, 0.3) is 28.2 Å². The number of aldehydes is 1. The van der Waals surface area contributed by atoms with Crippen molar-refractivity contribution >= 4 is 11.9 Å². The standard InChI is InChI=1S/C22H19FN2O/c1-14(2)20-19(15(3)13-26)21(16-9-11-18(23)12-10-16)25-22(24-20)17-7-5-4-6-8-17/h4-14H,3H2,1-2H3. The fourth-order valence-corrected chi connectivity index (χ4v) is 2.80. The number of carbonyl (C=O) groups excluding carboxylic acids is 1. The van der Waals surface area contributed by atoms with Gasteiger partial charge in [-0.1, -0.05) is 50.8 Å². The van der Waals surface area contributed by atoms with Crippen molar-refractivity contribution < 1.29 is 9.18 Å². The van der Waals surface area contributed by atoms with Crippen molar-refractivity contribution in [2.24, 2.45) is 0 Å². The lowest BCUT2D eigenvalue weighted by Crippen LogP contribution is -2.07. The molecule has 0 aliphatic rings. The lowest BCUT2D eigenvalue weighted by molar-refractivity contribution is -0.103. The van der Waals surface area contributed by atoms with E-state index in [-0.39, 0.29) is 11.7 Å². The maximum Gasteiger partial charge on any atom is 0.160 e. The molecule has 0 N–H and O–H groups in total. The molecule has 3 aromatic rings. The molecular weight excluding hydrogens is 327 g/mol. The van der Waals surface area contributed by atoms with Crippen LogP contribution >= 0.6 is 0 Å². The number of nitrogens with zero attached hydrogens (tertiary/aromatic N) is 2. The van der Waals surface area contributed by atoms with Crippen LogP contribution in [-0.4, -0.2) is 16.3 Å². The molecule has 3 nitrogen and oxygen atoms in total. The third-order valence-electron chi connectivity index (χ3n) is 4.10. The van der Waals surface area contributed by atoms with E-state index >= 15 is 0 Å². The van der Waals surface area contributed by atoms with Crippen LogP contribution in [-0.2, 0) is 4.79 Å². The van der Waals surface area contributed by atoms with Crippen LogP contribution < -0.4 is 0 Å². The van der Waals surface area contributed by atoms with Crippen LogP contribution in [0.4, 0.5) is 4.39 Å². The second-order valence-corrected chi connectivity index (χ2v) is 6.33. The molecule has 0 radical (unpaired) electrons. The summed E-state index contributed by atoms with van der Waals surface area (Å²) in [5.74, 6) is 0.299. The van der Waals surface area contributed by atoms with Gasteiger partial charge in [0, 0.05) is 22.3 Å². The normalized spacial score (nSPS) is 10.8. The molecule has 0 aliphatic heterocycles. The monoisotopic (exact) mass is 346 g/mol. The maximum absolute atomic E-state index is 13.4. The molecule has 0 bridgehead atoms. The lowest BCUT2D eigenvalue weighted by Gasteiger charge is -2.17. The minimum Gasteiger partial charge on any atom is -0.298 e. The fraction of sp³-hybridized carbons (Fsp3) is 0.136. The molecule has 1 heterocycles. The molecule has 0 atom stereocenters. The molecule has 0 saturated heterocycles. The Morgan fingerprint density at radius 3 is 2.23 bits per heavy atom. The zero-order valence-electron chi connectivity index (χ0n) is 14.7. The van der Waals surface area contributed by atoms with Crippen molar-refractivity contribution in [1.29, 1.82) is 0 Å². The van der Waals surface area contributed by atoms with Gasteiger partial charge in [0.25, 0.3) is 0 Å². The average molecular weight is 346 g/mol. The first kappa shape index (κ1) is 17.7. The summed E-state index contributed by atoms with van der Waals surface area (Å²) in [6.07, 6.45) is 0.708. The quantitative estimate of drug-likeness (QED) is 0.466. The van der Waals surface area contributed by atoms with Crippen LogP contribution in [0.2, 0.25) is 0 Å². The van der Waals surface area contributed by atoms with Gasteiger partial charge in [-0.2, -0.15) is 0 Å². The van der Waals surface area contributed by atoms with Gasteiger partial charge in [-0.15, -0.1) is 0 Å². The molecule has 2 aromatic carbocycles. The van der Waals surface area contributed by atoms with Gasteiger partial charge in [0.15, 0.2) is 5.82 Å². The topological polar surface area (TPSA) is 42.9 Å².